The molecule has 1 N–H and O–H groups in total. The first kappa shape index (κ1) is 22.5. The molecule has 1 aromatic heterocycles. The lowest BCUT2D eigenvalue weighted by atomic mass is 10.1. The number of carbonyl (C=O) groups excluding carboxylic acids is 1. The van der Waals surface area contributed by atoms with Crippen molar-refractivity contribution < 1.29 is 17.9 Å². The smallest absolute Gasteiger partial charge is 0.255 e. The molecule has 9 heteroatoms. The minimum atomic E-state index is -3.54. The van der Waals surface area contributed by atoms with Gasteiger partial charge >= 0.3 is 0 Å². The lowest BCUT2D eigenvalue weighted by Gasteiger charge is -2.25. The van der Waals surface area contributed by atoms with Crippen LogP contribution < -0.4 is 5.32 Å². The third-order valence-electron chi connectivity index (χ3n) is 4.95. The van der Waals surface area contributed by atoms with E-state index in [1.54, 1.807) is 24.3 Å². The highest BCUT2D eigenvalue weighted by molar-refractivity contribution is 7.98. The molecule has 0 radical (unpaired) electrons. The van der Waals surface area contributed by atoms with Crippen molar-refractivity contribution in [3.05, 3.63) is 84.1 Å². The predicted octanol–water partition coefficient (Wildman–Crippen LogP) is 3.65. The maximum absolute atomic E-state index is 12.7. The van der Waals surface area contributed by atoms with Crippen LogP contribution in [0.25, 0.3) is 0 Å². The monoisotopic (exact) mass is 469 g/mol. The molecule has 3 aromatic rings. The highest BCUT2D eigenvalue weighted by Gasteiger charge is 2.26. The van der Waals surface area contributed by atoms with E-state index in [4.69, 9.17) is 4.74 Å². The summed E-state index contributed by atoms with van der Waals surface area (Å²) in [6.45, 7) is 1.54. The second kappa shape index (κ2) is 10.3. The number of para-hydroxylation sites is 1. The van der Waals surface area contributed by atoms with Crippen molar-refractivity contribution in [2.24, 2.45) is 0 Å². The first-order valence-electron chi connectivity index (χ1n) is 10.1. The van der Waals surface area contributed by atoms with Crippen LogP contribution in [0.15, 0.2) is 82.8 Å². The molecular formula is C23H23N3O4S2. The van der Waals surface area contributed by atoms with Crippen molar-refractivity contribution in [3.63, 3.8) is 0 Å². The molecule has 4 rings (SSSR count). The van der Waals surface area contributed by atoms with Crippen molar-refractivity contribution in [1.82, 2.24) is 9.29 Å². The number of amides is 1. The lowest BCUT2D eigenvalue weighted by Crippen LogP contribution is -2.40. The van der Waals surface area contributed by atoms with Crippen LogP contribution in [0.1, 0.15) is 15.9 Å². The van der Waals surface area contributed by atoms with Gasteiger partial charge in [-0.1, -0.05) is 30.3 Å². The Morgan fingerprint density at radius 3 is 2.38 bits per heavy atom. The molecule has 0 unspecified atom stereocenters. The molecule has 1 fully saturated rings. The van der Waals surface area contributed by atoms with Crippen LogP contribution in [0, 0.1) is 0 Å². The summed E-state index contributed by atoms with van der Waals surface area (Å²) >= 11 is 1.51. The third kappa shape index (κ3) is 5.55. The van der Waals surface area contributed by atoms with Crippen molar-refractivity contribution in [2.75, 3.05) is 31.6 Å². The Kier molecular flexibility index (Phi) is 7.21. The van der Waals surface area contributed by atoms with Crippen LogP contribution in [0.5, 0.6) is 0 Å². The van der Waals surface area contributed by atoms with Gasteiger partial charge in [0.25, 0.3) is 5.91 Å². The van der Waals surface area contributed by atoms with Gasteiger partial charge in [-0.2, -0.15) is 4.31 Å². The average Bonchev–Trinajstić information content (AvgIpc) is 2.84. The van der Waals surface area contributed by atoms with Gasteiger partial charge in [-0.05, 0) is 42.0 Å². The minimum Gasteiger partial charge on any atom is -0.379 e. The predicted molar refractivity (Wildman–Crippen MR) is 124 cm³/mol. The number of hydrogen-bond acceptors (Lipinski definition) is 6. The van der Waals surface area contributed by atoms with E-state index in [1.807, 2.05) is 42.5 Å². The number of nitrogens with one attached hydrogen (secondary N) is 1. The Morgan fingerprint density at radius 1 is 1.00 bits per heavy atom. The maximum Gasteiger partial charge on any atom is 0.255 e. The lowest BCUT2D eigenvalue weighted by molar-refractivity contribution is 0.0730. The molecule has 0 atom stereocenters. The number of benzene rings is 2. The van der Waals surface area contributed by atoms with Crippen LogP contribution in [0.3, 0.4) is 0 Å². The van der Waals surface area contributed by atoms with E-state index in [9.17, 15) is 13.2 Å². The zero-order valence-electron chi connectivity index (χ0n) is 17.3. The fraction of sp³-hybridized carbons (Fsp3) is 0.217. The highest BCUT2D eigenvalue weighted by Crippen LogP contribution is 2.23. The number of anilines is 1. The summed E-state index contributed by atoms with van der Waals surface area (Å²) in [5.74, 6) is 0.498. The number of morpholine rings is 1. The Morgan fingerprint density at radius 2 is 1.72 bits per heavy atom. The number of hydrogen-bond donors (Lipinski definition) is 1. The van der Waals surface area contributed by atoms with Crippen LogP contribution in [0.2, 0.25) is 0 Å². The third-order valence-corrected chi connectivity index (χ3v) is 7.85. The molecular weight excluding hydrogens is 446 g/mol. The molecule has 0 bridgehead atoms. The molecule has 2 aromatic carbocycles. The first-order chi connectivity index (χ1) is 15.5. The molecule has 0 aliphatic carbocycles. The molecule has 0 spiro atoms. The first-order valence-corrected chi connectivity index (χ1v) is 12.6. The van der Waals surface area contributed by atoms with Gasteiger partial charge in [0.15, 0.2) is 0 Å². The van der Waals surface area contributed by atoms with E-state index in [-0.39, 0.29) is 10.8 Å². The van der Waals surface area contributed by atoms with Crippen LogP contribution in [0.4, 0.5) is 5.69 Å². The average molecular weight is 470 g/mol. The SMILES string of the molecule is O=C(Nc1ccccc1)c1ccc(CSc2ccc(S(=O)(=O)N3CCOCC3)cn2)cc1. The molecule has 7 nitrogen and oxygen atoms in total. The molecule has 1 amide bonds. The number of carbonyl (C=O) groups is 1. The van der Waals surface area contributed by atoms with Crippen molar-refractivity contribution in [1.29, 1.82) is 0 Å². The Bertz CT molecular complexity index is 1150. The van der Waals surface area contributed by atoms with Crippen molar-refractivity contribution in [2.45, 2.75) is 15.7 Å². The van der Waals surface area contributed by atoms with Crippen LogP contribution in [-0.2, 0) is 20.5 Å². The zero-order chi connectivity index (χ0) is 22.4. The molecule has 2 heterocycles. The van der Waals surface area contributed by atoms with Gasteiger partial charge in [0.1, 0.15) is 4.90 Å². The van der Waals surface area contributed by atoms with Gasteiger partial charge in [0.2, 0.25) is 10.0 Å². The number of ether oxygens (including phenoxy) is 1. The molecule has 1 aliphatic rings. The number of pyridine rings is 1. The van der Waals surface area contributed by atoms with E-state index in [2.05, 4.69) is 10.3 Å². The quantitative estimate of drug-likeness (QED) is 0.532. The number of thioether (sulfide) groups is 1. The van der Waals surface area contributed by atoms with Gasteiger partial charge in [0.05, 0.1) is 18.2 Å². The Hall–Kier alpha value is -2.72. The minimum absolute atomic E-state index is 0.158. The summed E-state index contributed by atoms with van der Waals surface area (Å²) in [5.41, 5.74) is 2.37. The Labute approximate surface area is 191 Å². The van der Waals surface area contributed by atoms with Crippen LogP contribution in [-0.4, -0.2) is 49.9 Å². The summed E-state index contributed by atoms with van der Waals surface area (Å²) in [4.78, 5) is 16.8. The van der Waals surface area contributed by atoms with Gasteiger partial charge in [-0.3, -0.25) is 4.79 Å². The fourth-order valence-electron chi connectivity index (χ4n) is 3.18. The second-order valence-corrected chi connectivity index (χ2v) is 10.1. The van der Waals surface area contributed by atoms with Gasteiger partial charge in [-0.25, -0.2) is 13.4 Å². The fourth-order valence-corrected chi connectivity index (χ4v) is 5.33. The van der Waals surface area contributed by atoms with Crippen LogP contribution >= 0.6 is 11.8 Å². The van der Waals surface area contributed by atoms with E-state index < -0.39 is 10.0 Å². The molecule has 166 valence electrons. The molecule has 32 heavy (non-hydrogen) atoms. The number of nitrogens with zero attached hydrogens (tertiary/aromatic N) is 2. The maximum atomic E-state index is 12.7. The standard InChI is InChI=1S/C23H23N3O4S2/c27-23(25-20-4-2-1-3-5-20)19-8-6-18(7-9-19)17-31-22-11-10-21(16-24-22)32(28,29)26-12-14-30-15-13-26/h1-11,16H,12-15,17H2,(H,25,27). The summed E-state index contributed by atoms with van der Waals surface area (Å²) in [7, 11) is -3.54. The van der Waals surface area contributed by atoms with E-state index >= 15 is 0 Å². The number of sulfonamides is 1. The molecule has 1 saturated heterocycles. The second-order valence-electron chi connectivity index (χ2n) is 7.15. The van der Waals surface area contributed by atoms with Gasteiger partial charge in [0, 0.05) is 36.3 Å². The van der Waals surface area contributed by atoms with Crippen molar-refractivity contribution >= 4 is 33.4 Å². The summed E-state index contributed by atoms with van der Waals surface area (Å²) in [6, 6.07) is 20.0. The topological polar surface area (TPSA) is 88.6 Å². The summed E-state index contributed by atoms with van der Waals surface area (Å²) in [5, 5.41) is 3.60. The zero-order valence-corrected chi connectivity index (χ0v) is 18.9. The van der Waals surface area contributed by atoms with E-state index in [1.165, 1.54) is 22.3 Å². The molecule has 0 saturated carbocycles. The molecule has 1 aliphatic heterocycles. The van der Waals surface area contributed by atoms with E-state index in [0.29, 0.717) is 37.6 Å². The van der Waals surface area contributed by atoms with Gasteiger partial charge < -0.3 is 10.1 Å². The highest BCUT2D eigenvalue weighted by atomic mass is 32.2. The normalized spacial score (nSPS) is 14.8. The van der Waals surface area contributed by atoms with Gasteiger partial charge in [-0.15, -0.1) is 11.8 Å². The summed E-state index contributed by atoms with van der Waals surface area (Å²) in [6.07, 6.45) is 1.41. The van der Waals surface area contributed by atoms with Crippen molar-refractivity contribution in [3.8, 4) is 0 Å². The number of rotatable bonds is 7. The Balaban J connectivity index is 1.33. The largest absolute Gasteiger partial charge is 0.379 e. The number of aromatic nitrogens is 1. The summed E-state index contributed by atoms with van der Waals surface area (Å²) < 4.78 is 32.0. The van der Waals surface area contributed by atoms with E-state index in [0.717, 1.165) is 16.3 Å².